The Morgan fingerprint density at radius 1 is 1.00 bits per heavy atom. The molecule has 0 radical (unpaired) electrons. The van der Waals surface area contributed by atoms with E-state index in [0.29, 0.717) is 5.75 Å². The van der Waals surface area contributed by atoms with Crippen molar-refractivity contribution in [3.8, 4) is 16.9 Å². The number of aryl methyl sites for hydroxylation is 1. The summed E-state index contributed by atoms with van der Waals surface area (Å²) >= 11 is 0. The minimum atomic E-state index is -0.939. The molecular weight excluding hydrogens is 360 g/mol. The molecule has 0 heterocycles. The first-order chi connectivity index (χ1) is 13.9. The van der Waals surface area contributed by atoms with Gasteiger partial charge in [-0.25, -0.2) is 4.79 Å². The molecule has 0 spiro atoms. The number of phenolic OH excluding ortho intramolecular Hbond substituents is 1. The summed E-state index contributed by atoms with van der Waals surface area (Å²) in [6, 6.07) is 12.2. The first kappa shape index (κ1) is 18.5. The summed E-state index contributed by atoms with van der Waals surface area (Å²) in [5, 5.41) is 19.7. The zero-order valence-corrected chi connectivity index (χ0v) is 16.9. The molecule has 3 heteroatoms. The molecule has 150 valence electrons. The standard InChI is InChI=1S/C26H28O3/c1-16-8-17(3-7-25(28)29)2-5-22(16)21-4-6-24(27)23(12-21)26-13-18-9-19(14-26)11-20(10-18)15-26/h2-8,12,18-20,27H,9-11,13-15H2,1H3,(H,28,29). The van der Waals surface area contributed by atoms with Crippen LogP contribution in [0.25, 0.3) is 17.2 Å². The van der Waals surface area contributed by atoms with Crippen LogP contribution in [0, 0.1) is 24.7 Å². The molecule has 3 nitrogen and oxygen atoms in total. The van der Waals surface area contributed by atoms with Gasteiger partial charge in [0.15, 0.2) is 0 Å². The van der Waals surface area contributed by atoms with Crippen molar-refractivity contribution in [3.05, 3.63) is 59.2 Å². The smallest absolute Gasteiger partial charge is 0.328 e. The molecule has 0 atom stereocenters. The van der Waals surface area contributed by atoms with Crippen LogP contribution >= 0.6 is 0 Å². The molecule has 0 unspecified atom stereocenters. The van der Waals surface area contributed by atoms with Gasteiger partial charge in [0.2, 0.25) is 0 Å². The summed E-state index contributed by atoms with van der Waals surface area (Å²) in [5.74, 6) is 2.03. The zero-order chi connectivity index (χ0) is 20.2. The van der Waals surface area contributed by atoms with E-state index in [1.165, 1.54) is 44.6 Å². The van der Waals surface area contributed by atoms with Crippen LogP contribution in [0.15, 0.2) is 42.5 Å². The molecule has 4 saturated carbocycles. The number of benzene rings is 2. The summed E-state index contributed by atoms with van der Waals surface area (Å²) in [6.07, 6.45) is 10.7. The van der Waals surface area contributed by atoms with E-state index < -0.39 is 5.97 Å². The number of hydrogen-bond acceptors (Lipinski definition) is 2. The molecule has 4 bridgehead atoms. The highest BCUT2D eigenvalue weighted by molar-refractivity contribution is 5.85. The third kappa shape index (κ3) is 3.27. The molecule has 0 aromatic heterocycles. The predicted molar refractivity (Wildman–Crippen MR) is 115 cm³/mol. The van der Waals surface area contributed by atoms with Crippen LogP contribution in [-0.2, 0) is 10.2 Å². The Morgan fingerprint density at radius 3 is 2.24 bits per heavy atom. The van der Waals surface area contributed by atoms with E-state index in [1.54, 1.807) is 6.08 Å². The van der Waals surface area contributed by atoms with Crippen LogP contribution in [0.5, 0.6) is 5.75 Å². The molecule has 0 aliphatic heterocycles. The number of rotatable bonds is 4. The lowest BCUT2D eigenvalue weighted by atomic mass is 9.48. The van der Waals surface area contributed by atoms with E-state index >= 15 is 0 Å². The van der Waals surface area contributed by atoms with Crippen LogP contribution in [0.1, 0.15) is 55.2 Å². The topological polar surface area (TPSA) is 57.5 Å². The summed E-state index contributed by atoms with van der Waals surface area (Å²) in [7, 11) is 0. The molecule has 0 saturated heterocycles. The van der Waals surface area contributed by atoms with Crippen LogP contribution in [0.4, 0.5) is 0 Å². The number of carbonyl (C=O) groups is 1. The lowest BCUT2D eigenvalue weighted by Gasteiger charge is -2.57. The predicted octanol–water partition coefficient (Wildman–Crippen LogP) is 5.93. The second kappa shape index (κ2) is 6.76. The maximum Gasteiger partial charge on any atom is 0.328 e. The van der Waals surface area contributed by atoms with E-state index in [4.69, 9.17) is 5.11 Å². The minimum Gasteiger partial charge on any atom is -0.508 e. The van der Waals surface area contributed by atoms with Crippen LogP contribution < -0.4 is 0 Å². The lowest BCUT2D eigenvalue weighted by Crippen LogP contribution is -2.48. The van der Waals surface area contributed by atoms with Crippen molar-refractivity contribution < 1.29 is 15.0 Å². The number of carboxylic acid groups (broad SMARTS) is 1. The Hall–Kier alpha value is -2.55. The van der Waals surface area contributed by atoms with Crippen LogP contribution in [0.2, 0.25) is 0 Å². The SMILES string of the molecule is Cc1cc(C=CC(=O)O)ccc1-c1ccc(O)c(C23CC4CC(CC(C4)C2)C3)c1. The fourth-order valence-electron chi connectivity index (χ4n) is 6.85. The molecule has 6 rings (SSSR count). The van der Waals surface area contributed by atoms with E-state index in [1.807, 2.05) is 24.3 Å². The summed E-state index contributed by atoms with van der Waals surface area (Å²) < 4.78 is 0. The molecular formula is C26H28O3. The van der Waals surface area contributed by atoms with E-state index in [0.717, 1.165) is 45.6 Å². The number of carboxylic acids is 1. The van der Waals surface area contributed by atoms with Gasteiger partial charge in [-0.2, -0.15) is 0 Å². The molecule has 0 amide bonds. The highest BCUT2D eigenvalue weighted by atomic mass is 16.4. The fraction of sp³-hybridized carbons (Fsp3) is 0.423. The number of aliphatic carboxylic acids is 1. The summed E-state index contributed by atoms with van der Waals surface area (Å²) in [4.78, 5) is 10.8. The second-order valence-corrected chi connectivity index (χ2v) is 9.68. The van der Waals surface area contributed by atoms with Gasteiger partial charge in [0.25, 0.3) is 0 Å². The Kier molecular flexibility index (Phi) is 4.31. The Balaban J connectivity index is 1.51. The van der Waals surface area contributed by atoms with Gasteiger partial charge >= 0.3 is 5.97 Å². The Labute approximate surface area is 172 Å². The number of aromatic hydroxyl groups is 1. The quantitative estimate of drug-likeness (QED) is 0.638. The van der Waals surface area contributed by atoms with Gasteiger partial charge in [0, 0.05) is 11.6 Å². The van der Waals surface area contributed by atoms with Gasteiger partial charge in [-0.05, 0) is 109 Å². The van der Waals surface area contributed by atoms with E-state index in [2.05, 4.69) is 19.1 Å². The molecule has 2 aromatic carbocycles. The first-order valence-electron chi connectivity index (χ1n) is 10.8. The average molecular weight is 389 g/mol. The van der Waals surface area contributed by atoms with Gasteiger partial charge in [-0.15, -0.1) is 0 Å². The first-order valence-corrected chi connectivity index (χ1v) is 10.8. The van der Waals surface area contributed by atoms with Gasteiger partial charge in [-0.1, -0.05) is 24.3 Å². The van der Waals surface area contributed by atoms with E-state index in [-0.39, 0.29) is 5.41 Å². The van der Waals surface area contributed by atoms with Gasteiger partial charge in [0.1, 0.15) is 5.75 Å². The second-order valence-electron chi connectivity index (χ2n) is 9.68. The Bertz CT molecular complexity index is 966. The number of hydrogen-bond donors (Lipinski definition) is 2. The molecule has 4 fully saturated rings. The van der Waals surface area contributed by atoms with Crippen molar-refractivity contribution in [3.63, 3.8) is 0 Å². The summed E-state index contributed by atoms with van der Waals surface area (Å²) in [5.41, 5.74) is 5.59. The molecule has 2 N–H and O–H groups in total. The zero-order valence-electron chi connectivity index (χ0n) is 16.9. The molecule has 4 aliphatic rings. The summed E-state index contributed by atoms with van der Waals surface area (Å²) in [6.45, 7) is 2.06. The largest absolute Gasteiger partial charge is 0.508 e. The van der Waals surface area contributed by atoms with Crippen LogP contribution in [0.3, 0.4) is 0 Å². The molecule has 2 aromatic rings. The third-order valence-corrected chi connectivity index (χ3v) is 7.59. The van der Waals surface area contributed by atoms with E-state index in [9.17, 15) is 9.90 Å². The number of phenols is 1. The van der Waals surface area contributed by atoms with Crippen LogP contribution in [-0.4, -0.2) is 16.2 Å². The average Bonchev–Trinajstić information content (AvgIpc) is 2.66. The fourth-order valence-corrected chi connectivity index (χ4v) is 6.85. The van der Waals surface area contributed by atoms with Gasteiger partial charge in [-0.3, -0.25) is 0 Å². The maximum atomic E-state index is 10.8. The monoisotopic (exact) mass is 388 g/mol. The maximum absolute atomic E-state index is 10.8. The van der Waals surface area contributed by atoms with Crippen molar-refractivity contribution in [2.75, 3.05) is 0 Å². The Morgan fingerprint density at radius 2 is 1.66 bits per heavy atom. The van der Waals surface area contributed by atoms with Crippen molar-refractivity contribution in [1.29, 1.82) is 0 Å². The lowest BCUT2D eigenvalue weighted by molar-refractivity contribution is -0.131. The van der Waals surface area contributed by atoms with Crippen molar-refractivity contribution >= 4 is 12.0 Å². The normalized spacial score (nSPS) is 30.2. The van der Waals surface area contributed by atoms with Crippen molar-refractivity contribution in [1.82, 2.24) is 0 Å². The highest BCUT2D eigenvalue weighted by Crippen LogP contribution is 2.62. The molecule has 29 heavy (non-hydrogen) atoms. The van der Waals surface area contributed by atoms with Gasteiger partial charge < -0.3 is 10.2 Å². The molecule has 4 aliphatic carbocycles. The van der Waals surface area contributed by atoms with Gasteiger partial charge in [0.05, 0.1) is 0 Å². The minimum absolute atomic E-state index is 0.160. The third-order valence-electron chi connectivity index (χ3n) is 7.59. The highest BCUT2D eigenvalue weighted by Gasteiger charge is 2.52. The van der Waals surface area contributed by atoms with Crippen molar-refractivity contribution in [2.24, 2.45) is 17.8 Å². The van der Waals surface area contributed by atoms with Crippen molar-refractivity contribution in [2.45, 2.75) is 50.9 Å².